The van der Waals surface area contributed by atoms with E-state index in [4.69, 9.17) is 4.74 Å². The van der Waals surface area contributed by atoms with Crippen molar-refractivity contribution >= 4 is 17.6 Å². The standard InChI is InChI=1S/C23H27N3O3/c1-29-20-10-8-18(9-11-20)22(27)26-13-12-17-7-6-16(14-21(17)26)15-24-23(28)25-19-4-2-3-5-19/h6-11,14,19H,2-5,12-13,15H2,1H3,(H2,24,25,28). The summed E-state index contributed by atoms with van der Waals surface area (Å²) in [5.41, 5.74) is 3.71. The molecule has 0 spiro atoms. The molecule has 4 rings (SSSR count). The predicted molar refractivity (Wildman–Crippen MR) is 112 cm³/mol. The van der Waals surface area contributed by atoms with E-state index in [1.807, 2.05) is 17.0 Å². The average Bonchev–Trinajstić information content (AvgIpc) is 3.41. The summed E-state index contributed by atoms with van der Waals surface area (Å²) in [6, 6.07) is 13.4. The van der Waals surface area contributed by atoms with Crippen molar-refractivity contribution in [2.75, 3.05) is 18.6 Å². The normalized spacial score (nSPS) is 15.8. The van der Waals surface area contributed by atoms with Crippen molar-refractivity contribution in [3.05, 3.63) is 59.2 Å². The Morgan fingerprint density at radius 3 is 2.59 bits per heavy atom. The smallest absolute Gasteiger partial charge is 0.315 e. The van der Waals surface area contributed by atoms with Crippen molar-refractivity contribution in [2.45, 2.75) is 44.7 Å². The number of carbonyl (C=O) groups is 2. The summed E-state index contributed by atoms with van der Waals surface area (Å²) < 4.78 is 5.17. The number of amides is 3. The van der Waals surface area contributed by atoms with Crippen LogP contribution in [-0.2, 0) is 13.0 Å². The lowest BCUT2D eigenvalue weighted by Crippen LogP contribution is -2.40. The van der Waals surface area contributed by atoms with E-state index in [0.717, 1.165) is 41.8 Å². The lowest BCUT2D eigenvalue weighted by atomic mass is 10.1. The highest BCUT2D eigenvalue weighted by Gasteiger charge is 2.26. The summed E-state index contributed by atoms with van der Waals surface area (Å²) >= 11 is 0. The van der Waals surface area contributed by atoms with Gasteiger partial charge in [-0.15, -0.1) is 0 Å². The molecule has 1 saturated carbocycles. The topological polar surface area (TPSA) is 70.7 Å². The van der Waals surface area contributed by atoms with Crippen LogP contribution < -0.4 is 20.3 Å². The molecule has 1 fully saturated rings. The molecular weight excluding hydrogens is 366 g/mol. The maximum absolute atomic E-state index is 13.0. The van der Waals surface area contributed by atoms with Crippen molar-refractivity contribution < 1.29 is 14.3 Å². The number of anilines is 1. The maximum Gasteiger partial charge on any atom is 0.315 e. The van der Waals surface area contributed by atoms with E-state index in [1.165, 1.54) is 12.8 Å². The molecule has 2 aromatic carbocycles. The van der Waals surface area contributed by atoms with E-state index < -0.39 is 0 Å². The Balaban J connectivity index is 1.41. The van der Waals surface area contributed by atoms with Crippen molar-refractivity contribution in [3.63, 3.8) is 0 Å². The average molecular weight is 393 g/mol. The zero-order chi connectivity index (χ0) is 20.2. The molecule has 0 atom stereocenters. The monoisotopic (exact) mass is 393 g/mol. The van der Waals surface area contributed by atoms with E-state index in [9.17, 15) is 9.59 Å². The number of hydrogen-bond donors (Lipinski definition) is 2. The Morgan fingerprint density at radius 1 is 1.10 bits per heavy atom. The number of rotatable bonds is 5. The van der Waals surface area contributed by atoms with Crippen LogP contribution in [0.4, 0.5) is 10.5 Å². The van der Waals surface area contributed by atoms with Gasteiger partial charge < -0.3 is 20.3 Å². The fourth-order valence-electron chi connectivity index (χ4n) is 4.12. The highest BCUT2D eigenvalue weighted by atomic mass is 16.5. The van der Waals surface area contributed by atoms with Crippen LogP contribution in [0.1, 0.15) is 47.2 Å². The summed E-state index contributed by atoms with van der Waals surface area (Å²) in [6.45, 7) is 1.11. The molecule has 152 valence electrons. The molecule has 1 aliphatic carbocycles. The summed E-state index contributed by atoms with van der Waals surface area (Å²) in [5, 5.41) is 5.97. The molecule has 0 radical (unpaired) electrons. The first-order chi connectivity index (χ1) is 14.1. The Kier molecular flexibility index (Phi) is 5.69. The van der Waals surface area contributed by atoms with Gasteiger partial charge in [-0.3, -0.25) is 4.79 Å². The minimum Gasteiger partial charge on any atom is -0.497 e. The number of nitrogens with one attached hydrogen (secondary N) is 2. The van der Waals surface area contributed by atoms with Gasteiger partial charge >= 0.3 is 6.03 Å². The van der Waals surface area contributed by atoms with E-state index in [-0.39, 0.29) is 11.9 Å². The van der Waals surface area contributed by atoms with Gasteiger partial charge in [0.2, 0.25) is 0 Å². The third-order valence-corrected chi connectivity index (χ3v) is 5.77. The van der Waals surface area contributed by atoms with E-state index in [1.54, 1.807) is 31.4 Å². The van der Waals surface area contributed by atoms with Crippen LogP contribution in [0.5, 0.6) is 5.75 Å². The number of hydrogen-bond acceptors (Lipinski definition) is 3. The minimum absolute atomic E-state index is 0.0181. The molecule has 2 aliphatic rings. The SMILES string of the molecule is COc1ccc(C(=O)N2CCc3ccc(CNC(=O)NC4CCCC4)cc32)cc1. The first-order valence-electron chi connectivity index (χ1n) is 10.3. The second-order valence-corrected chi connectivity index (χ2v) is 7.71. The zero-order valence-corrected chi connectivity index (χ0v) is 16.7. The van der Waals surface area contributed by atoms with Crippen LogP contribution in [0, 0.1) is 0 Å². The third kappa shape index (κ3) is 4.36. The second kappa shape index (κ2) is 8.55. The Bertz CT molecular complexity index is 889. The molecule has 1 heterocycles. The quantitative estimate of drug-likeness (QED) is 0.815. The Hall–Kier alpha value is -3.02. The number of ether oxygens (including phenoxy) is 1. The first kappa shape index (κ1) is 19.3. The van der Waals surface area contributed by atoms with E-state index in [2.05, 4.69) is 16.7 Å². The van der Waals surface area contributed by atoms with Crippen molar-refractivity contribution in [1.82, 2.24) is 10.6 Å². The molecule has 0 bridgehead atoms. The number of benzene rings is 2. The molecule has 1 aliphatic heterocycles. The summed E-state index contributed by atoms with van der Waals surface area (Å²) in [7, 11) is 1.61. The van der Waals surface area contributed by atoms with Crippen LogP contribution in [0.25, 0.3) is 0 Å². The van der Waals surface area contributed by atoms with Crippen LogP contribution in [0.15, 0.2) is 42.5 Å². The highest BCUT2D eigenvalue weighted by Crippen LogP contribution is 2.30. The number of nitrogens with zero attached hydrogens (tertiary/aromatic N) is 1. The lowest BCUT2D eigenvalue weighted by molar-refractivity contribution is 0.0989. The molecule has 2 N–H and O–H groups in total. The molecule has 0 aromatic heterocycles. The zero-order valence-electron chi connectivity index (χ0n) is 16.7. The summed E-state index contributed by atoms with van der Waals surface area (Å²) in [6.07, 6.45) is 5.35. The lowest BCUT2D eigenvalue weighted by Gasteiger charge is -2.19. The highest BCUT2D eigenvalue weighted by molar-refractivity contribution is 6.07. The third-order valence-electron chi connectivity index (χ3n) is 5.77. The molecular formula is C23H27N3O3. The van der Waals surface area contributed by atoms with E-state index >= 15 is 0 Å². The molecule has 6 heteroatoms. The van der Waals surface area contributed by atoms with E-state index in [0.29, 0.717) is 24.7 Å². The molecule has 2 aromatic rings. The largest absolute Gasteiger partial charge is 0.497 e. The van der Waals surface area contributed by atoms with Gasteiger partial charge in [-0.05, 0) is 60.7 Å². The van der Waals surface area contributed by atoms with Gasteiger partial charge in [-0.25, -0.2) is 4.79 Å². The Morgan fingerprint density at radius 2 is 1.86 bits per heavy atom. The van der Waals surface area contributed by atoms with Gasteiger partial charge in [-0.1, -0.05) is 25.0 Å². The molecule has 6 nitrogen and oxygen atoms in total. The van der Waals surface area contributed by atoms with Gasteiger partial charge in [-0.2, -0.15) is 0 Å². The van der Waals surface area contributed by atoms with Gasteiger partial charge in [0.05, 0.1) is 7.11 Å². The second-order valence-electron chi connectivity index (χ2n) is 7.71. The number of fused-ring (bicyclic) bond motifs is 1. The maximum atomic E-state index is 13.0. The van der Waals surface area contributed by atoms with Crippen LogP contribution in [-0.4, -0.2) is 31.6 Å². The summed E-state index contributed by atoms with van der Waals surface area (Å²) in [4.78, 5) is 26.9. The Labute approximate surface area is 171 Å². The van der Waals surface area contributed by atoms with Crippen LogP contribution in [0.2, 0.25) is 0 Å². The minimum atomic E-state index is -0.122. The fourth-order valence-corrected chi connectivity index (χ4v) is 4.12. The molecule has 29 heavy (non-hydrogen) atoms. The van der Waals surface area contributed by atoms with Gasteiger partial charge in [0.25, 0.3) is 5.91 Å². The number of methoxy groups -OCH3 is 1. The molecule has 0 saturated heterocycles. The van der Waals surface area contributed by atoms with Crippen LogP contribution >= 0.6 is 0 Å². The van der Waals surface area contributed by atoms with Gasteiger partial charge in [0, 0.05) is 30.4 Å². The summed E-state index contributed by atoms with van der Waals surface area (Å²) in [5.74, 6) is 0.711. The van der Waals surface area contributed by atoms with Gasteiger partial charge in [0.15, 0.2) is 0 Å². The van der Waals surface area contributed by atoms with Crippen molar-refractivity contribution in [3.8, 4) is 5.75 Å². The van der Waals surface area contributed by atoms with Crippen molar-refractivity contribution in [2.24, 2.45) is 0 Å². The van der Waals surface area contributed by atoms with Crippen LogP contribution in [0.3, 0.4) is 0 Å². The molecule has 3 amide bonds. The first-order valence-corrected chi connectivity index (χ1v) is 10.3. The fraction of sp³-hybridized carbons (Fsp3) is 0.391. The number of carbonyl (C=O) groups excluding carboxylic acids is 2. The van der Waals surface area contributed by atoms with Crippen molar-refractivity contribution in [1.29, 1.82) is 0 Å². The van der Waals surface area contributed by atoms with Gasteiger partial charge in [0.1, 0.15) is 5.75 Å². The molecule has 0 unspecified atom stereocenters. The number of urea groups is 1. The predicted octanol–water partition coefficient (Wildman–Crippen LogP) is 3.64.